The second-order valence-corrected chi connectivity index (χ2v) is 5.12. The molecule has 2 rings (SSSR count). The van der Waals surface area contributed by atoms with E-state index in [2.05, 4.69) is 27.6 Å². The number of aromatic nitrogens is 2. The van der Waals surface area contributed by atoms with Gasteiger partial charge in [0.2, 0.25) is 5.95 Å². The Morgan fingerprint density at radius 2 is 2.00 bits per heavy atom. The van der Waals surface area contributed by atoms with Crippen molar-refractivity contribution in [2.24, 2.45) is 5.84 Å². The molecule has 0 amide bonds. The van der Waals surface area contributed by atoms with Crippen molar-refractivity contribution in [3.05, 3.63) is 11.8 Å². The summed E-state index contributed by atoms with van der Waals surface area (Å²) in [5.74, 6) is 6.67. The molecule has 4 N–H and O–H groups in total. The average molecular weight is 235 g/mol. The first-order valence-corrected chi connectivity index (χ1v) is 6.21. The molecule has 1 saturated carbocycles. The van der Waals surface area contributed by atoms with E-state index in [1.807, 2.05) is 6.92 Å². The minimum Gasteiger partial charge on any atom is -0.365 e. The molecule has 1 aromatic heterocycles. The zero-order valence-corrected chi connectivity index (χ0v) is 10.6. The molecule has 94 valence electrons. The molecule has 1 heterocycles. The lowest BCUT2D eigenvalue weighted by Gasteiger charge is -2.35. The summed E-state index contributed by atoms with van der Waals surface area (Å²) < 4.78 is 0. The lowest BCUT2D eigenvalue weighted by molar-refractivity contribution is 0.348. The number of anilines is 2. The third kappa shape index (κ3) is 2.85. The summed E-state index contributed by atoms with van der Waals surface area (Å²) in [4.78, 5) is 8.46. The number of nitrogens with two attached hydrogens (primary N) is 1. The van der Waals surface area contributed by atoms with Gasteiger partial charge in [0.05, 0.1) is 0 Å². The zero-order chi connectivity index (χ0) is 12.3. The predicted octanol–water partition coefficient (Wildman–Crippen LogP) is 2.21. The Morgan fingerprint density at radius 1 is 1.29 bits per heavy atom. The maximum Gasteiger partial charge on any atom is 0.239 e. The van der Waals surface area contributed by atoms with Gasteiger partial charge in [-0.2, -0.15) is 4.98 Å². The van der Waals surface area contributed by atoms with Gasteiger partial charge in [-0.05, 0) is 26.7 Å². The number of hydrogen-bond acceptors (Lipinski definition) is 5. The fourth-order valence-corrected chi connectivity index (χ4v) is 2.38. The molecule has 17 heavy (non-hydrogen) atoms. The van der Waals surface area contributed by atoms with Gasteiger partial charge in [-0.1, -0.05) is 19.3 Å². The molecule has 0 aromatic carbocycles. The Hall–Kier alpha value is -1.36. The van der Waals surface area contributed by atoms with Crippen LogP contribution >= 0.6 is 0 Å². The smallest absolute Gasteiger partial charge is 0.239 e. The van der Waals surface area contributed by atoms with E-state index in [0.29, 0.717) is 5.95 Å². The third-order valence-electron chi connectivity index (χ3n) is 3.48. The van der Waals surface area contributed by atoms with E-state index in [1.54, 1.807) is 6.20 Å². The summed E-state index contributed by atoms with van der Waals surface area (Å²) in [6.45, 7) is 4.28. The SMILES string of the molecule is Cc1cnc(NN)nc1NC1(C)CCCCC1. The fraction of sp³-hybridized carbons (Fsp3) is 0.667. The lowest BCUT2D eigenvalue weighted by Crippen LogP contribution is -2.37. The minimum absolute atomic E-state index is 0.156. The van der Waals surface area contributed by atoms with Gasteiger partial charge < -0.3 is 5.32 Å². The maximum absolute atomic E-state index is 5.33. The summed E-state index contributed by atoms with van der Waals surface area (Å²) in [7, 11) is 0. The molecular formula is C12H21N5. The lowest BCUT2D eigenvalue weighted by atomic mass is 9.83. The number of aryl methyl sites for hydroxylation is 1. The molecule has 0 radical (unpaired) electrons. The van der Waals surface area contributed by atoms with E-state index in [1.165, 1.54) is 32.1 Å². The van der Waals surface area contributed by atoms with Gasteiger partial charge >= 0.3 is 0 Å². The van der Waals surface area contributed by atoms with Crippen LogP contribution < -0.4 is 16.6 Å². The van der Waals surface area contributed by atoms with Crippen LogP contribution in [0.15, 0.2) is 6.20 Å². The van der Waals surface area contributed by atoms with Gasteiger partial charge in [-0.3, -0.25) is 5.43 Å². The number of hydrazine groups is 1. The van der Waals surface area contributed by atoms with Crippen LogP contribution in [-0.4, -0.2) is 15.5 Å². The number of nitrogens with one attached hydrogen (secondary N) is 2. The van der Waals surface area contributed by atoms with Crippen molar-refractivity contribution in [2.45, 2.75) is 51.5 Å². The van der Waals surface area contributed by atoms with E-state index < -0.39 is 0 Å². The van der Waals surface area contributed by atoms with E-state index in [4.69, 9.17) is 5.84 Å². The second kappa shape index (κ2) is 4.87. The van der Waals surface area contributed by atoms with Gasteiger partial charge in [-0.15, -0.1) is 0 Å². The van der Waals surface area contributed by atoms with Crippen molar-refractivity contribution in [1.82, 2.24) is 9.97 Å². The van der Waals surface area contributed by atoms with Crippen LogP contribution in [0.1, 0.15) is 44.6 Å². The Labute approximate surface area is 102 Å². The summed E-state index contributed by atoms with van der Waals surface area (Å²) in [5.41, 5.74) is 3.69. The van der Waals surface area contributed by atoms with E-state index in [-0.39, 0.29) is 5.54 Å². The first kappa shape index (κ1) is 12.1. The predicted molar refractivity (Wildman–Crippen MR) is 69.7 cm³/mol. The average Bonchev–Trinajstić information content (AvgIpc) is 2.33. The highest BCUT2D eigenvalue weighted by Crippen LogP contribution is 2.31. The van der Waals surface area contributed by atoms with Crippen LogP contribution in [0.3, 0.4) is 0 Å². The quantitative estimate of drug-likeness (QED) is 0.553. The molecule has 0 bridgehead atoms. The van der Waals surface area contributed by atoms with Gasteiger partial charge in [0.1, 0.15) is 5.82 Å². The summed E-state index contributed by atoms with van der Waals surface area (Å²) in [6.07, 6.45) is 8.10. The van der Waals surface area contributed by atoms with E-state index >= 15 is 0 Å². The minimum atomic E-state index is 0.156. The normalized spacial score (nSPS) is 18.8. The third-order valence-corrected chi connectivity index (χ3v) is 3.48. The highest BCUT2D eigenvalue weighted by Gasteiger charge is 2.27. The van der Waals surface area contributed by atoms with Crippen LogP contribution in [0.25, 0.3) is 0 Å². The Morgan fingerprint density at radius 3 is 2.65 bits per heavy atom. The largest absolute Gasteiger partial charge is 0.365 e. The van der Waals surface area contributed by atoms with Crippen LogP contribution in [-0.2, 0) is 0 Å². The Bertz CT molecular complexity index is 384. The van der Waals surface area contributed by atoms with E-state index in [0.717, 1.165) is 11.4 Å². The topological polar surface area (TPSA) is 75.9 Å². The Balaban J connectivity index is 2.16. The van der Waals surface area contributed by atoms with Crippen molar-refractivity contribution in [3.8, 4) is 0 Å². The molecule has 1 fully saturated rings. The van der Waals surface area contributed by atoms with Gasteiger partial charge in [0.25, 0.3) is 0 Å². The fourth-order valence-electron chi connectivity index (χ4n) is 2.38. The maximum atomic E-state index is 5.33. The van der Waals surface area contributed by atoms with Crippen LogP contribution in [0.2, 0.25) is 0 Å². The van der Waals surface area contributed by atoms with Gasteiger partial charge in [0.15, 0.2) is 0 Å². The molecule has 1 aromatic rings. The number of rotatable bonds is 3. The summed E-state index contributed by atoms with van der Waals surface area (Å²) in [6, 6.07) is 0. The van der Waals surface area contributed by atoms with Gasteiger partial charge in [0, 0.05) is 17.3 Å². The van der Waals surface area contributed by atoms with Crippen LogP contribution in [0, 0.1) is 6.92 Å². The van der Waals surface area contributed by atoms with Crippen molar-refractivity contribution in [2.75, 3.05) is 10.7 Å². The first-order chi connectivity index (χ1) is 8.13. The highest BCUT2D eigenvalue weighted by molar-refractivity contribution is 5.48. The van der Waals surface area contributed by atoms with Crippen LogP contribution in [0.4, 0.5) is 11.8 Å². The number of nitrogens with zero attached hydrogens (tertiary/aromatic N) is 2. The van der Waals surface area contributed by atoms with E-state index in [9.17, 15) is 0 Å². The summed E-state index contributed by atoms with van der Waals surface area (Å²) in [5, 5.41) is 3.55. The monoisotopic (exact) mass is 235 g/mol. The van der Waals surface area contributed by atoms with Crippen molar-refractivity contribution in [1.29, 1.82) is 0 Å². The van der Waals surface area contributed by atoms with Crippen molar-refractivity contribution >= 4 is 11.8 Å². The molecule has 0 saturated heterocycles. The molecule has 0 spiro atoms. The second-order valence-electron chi connectivity index (χ2n) is 5.12. The molecule has 0 unspecified atom stereocenters. The first-order valence-electron chi connectivity index (χ1n) is 6.21. The Kier molecular flexibility index (Phi) is 3.47. The highest BCUT2D eigenvalue weighted by atomic mass is 15.3. The van der Waals surface area contributed by atoms with Crippen molar-refractivity contribution in [3.63, 3.8) is 0 Å². The van der Waals surface area contributed by atoms with Crippen molar-refractivity contribution < 1.29 is 0 Å². The molecule has 1 aliphatic rings. The summed E-state index contributed by atoms with van der Waals surface area (Å²) >= 11 is 0. The van der Waals surface area contributed by atoms with Gasteiger partial charge in [-0.25, -0.2) is 10.8 Å². The molecule has 0 atom stereocenters. The molecule has 1 aliphatic carbocycles. The van der Waals surface area contributed by atoms with Crippen LogP contribution in [0.5, 0.6) is 0 Å². The molecule has 0 aliphatic heterocycles. The molecule has 5 heteroatoms. The standard InChI is InChI=1S/C12H21N5/c1-9-8-14-11(17-13)15-10(9)16-12(2)6-4-3-5-7-12/h8H,3-7,13H2,1-2H3,(H2,14,15,16,17). The molecular weight excluding hydrogens is 214 g/mol. The zero-order valence-electron chi connectivity index (χ0n) is 10.6. The molecule has 5 nitrogen and oxygen atoms in total. The number of hydrogen-bond donors (Lipinski definition) is 3. The number of nitrogen functional groups attached to an aromatic ring is 1.